The van der Waals surface area contributed by atoms with E-state index in [1.54, 1.807) is 20.8 Å². The normalized spacial score (nSPS) is 13.1. The molecule has 0 saturated carbocycles. The molecule has 0 saturated heterocycles. The molecule has 1 atom stereocenters. The number of benzene rings is 3. The molecule has 0 aliphatic heterocycles. The van der Waals surface area contributed by atoms with Crippen LogP contribution < -0.4 is 26.4 Å². The summed E-state index contributed by atoms with van der Waals surface area (Å²) in [5.41, 5.74) is -3.43. The monoisotopic (exact) mass is 822 g/mol. The third-order valence-corrected chi connectivity index (χ3v) is 16.6. The molecule has 0 aliphatic carbocycles. The fourth-order valence-corrected chi connectivity index (χ4v) is 12.3. The zero-order valence-electron chi connectivity index (χ0n) is 33.8. The highest BCUT2D eigenvalue weighted by molar-refractivity contribution is 7.21. The molecule has 0 fully saturated rings. The maximum absolute atomic E-state index is 15.1. The van der Waals surface area contributed by atoms with Gasteiger partial charge < -0.3 is 14.3 Å². The maximum Gasteiger partial charge on any atom is 0.333 e. The molecule has 6 rings (SSSR count). The summed E-state index contributed by atoms with van der Waals surface area (Å²) < 4.78 is 29.2. The number of fused-ring (bicyclic) bond motifs is 1. The first kappa shape index (κ1) is 42.1. The lowest BCUT2D eigenvalue weighted by molar-refractivity contribution is -0.127. The zero-order chi connectivity index (χ0) is 42.2. The first-order valence-electron chi connectivity index (χ1n) is 18.8. The van der Waals surface area contributed by atoms with Crippen molar-refractivity contribution in [2.75, 3.05) is 13.7 Å². The molecular weight excluding hydrogens is 776 g/mol. The molecule has 302 valence electrons. The minimum Gasteiger partial charge on any atom is -0.496 e. The van der Waals surface area contributed by atoms with Gasteiger partial charge in [-0.1, -0.05) is 85.8 Å². The summed E-state index contributed by atoms with van der Waals surface area (Å²) in [5, 5.41) is 19.4. The number of carbonyl (C=O) groups is 1. The van der Waals surface area contributed by atoms with E-state index in [1.165, 1.54) is 60.9 Å². The molecule has 0 radical (unpaired) electrons. The van der Waals surface area contributed by atoms with Crippen LogP contribution in [-0.4, -0.2) is 56.7 Å². The Balaban J connectivity index is 1.55. The fourth-order valence-electron chi connectivity index (χ4n) is 7.38. The molecule has 0 bridgehead atoms. The van der Waals surface area contributed by atoms with Crippen LogP contribution in [0.15, 0.2) is 101 Å². The van der Waals surface area contributed by atoms with E-state index >= 15 is 4.79 Å². The topological polar surface area (TPSA) is 154 Å². The van der Waals surface area contributed by atoms with Crippen molar-refractivity contribution in [3.05, 3.63) is 129 Å². The van der Waals surface area contributed by atoms with Crippen LogP contribution in [0.5, 0.6) is 5.75 Å². The van der Waals surface area contributed by atoms with E-state index in [9.17, 15) is 24.0 Å². The van der Waals surface area contributed by atoms with Crippen LogP contribution in [0.3, 0.4) is 0 Å². The number of rotatable bonds is 15. The minimum atomic E-state index is -3.68. The van der Waals surface area contributed by atoms with E-state index in [2.05, 4.69) is 16.3 Å². The average Bonchev–Trinajstić information content (AvgIpc) is 3.86. The molecule has 15 heteroatoms. The van der Waals surface area contributed by atoms with Crippen LogP contribution in [0, 0.1) is 29.5 Å². The molecule has 0 spiro atoms. The van der Waals surface area contributed by atoms with Gasteiger partial charge in [0.15, 0.2) is 5.78 Å². The second kappa shape index (κ2) is 16.0. The lowest BCUT2D eigenvalue weighted by atomic mass is 9.91. The Morgan fingerprint density at radius 1 is 0.966 bits per heavy atom. The number of hydrogen-bond donors (Lipinski definition) is 1. The van der Waals surface area contributed by atoms with Crippen LogP contribution >= 0.6 is 11.3 Å². The van der Waals surface area contributed by atoms with Crippen molar-refractivity contribution in [3.63, 3.8) is 0 Å². The summed E-state index contributed by atoms with van der Waals surface area (Å²) in [7, 11) is -2.25. The summed E-state index contributed by atoms with van der Waals surface area (Å²) in [6.07, 6.45) is 1.74. The summed E-state index contributed by atoms with van der Waals surface area (Å²) in [6, 6.07) is 24.7. The van der Waals surface area contributed by atoms with Crippen molar-refractivity contribution < 1.29 is 23.5 Å². The van der Waals surface area contributed by atoms with E-state index in [-0.39, 0.29) is 41.1 Å². The van der Waals surface area contributed by atoms with Gasteiger partial charge in [-0.15, -0.1) is 4.80 Å². The summed E-state index contributed by atoms with van der Waals surface area (Å²) >= 11 is 1.11. The zero-order valence-corrected chi connectivity index (χ0v) is 35.6. The predicted molar refractivity (Wildman–Crippen MR) is 224 cm³/mol. The first-order valence-corrected chi connectivity index (χ1v) is 21.5. The number of hydrogen-bond acceptors (Lipinski definition) is 10. The van der Waals surface area contributed by atoms with Gasteiger partial charge in [0.2, 0.25) is 0 Å². The molecular formula is C43H47FN6O6SSi. The van der Waals surface area contributed by atoms with E-state index in [4.69, 9.17) is 9.47 Å². The number of nitrogens with zero attached hydrogens (tertiary/aromatic N) is 6. The molecule has 12 nitrogen and oxygen atoms in total. The van der Waals surface area contributed by atoms with E-state index in [1.807, 2.05) is 74.5 Å². The number of thiophene rings is 1. The Morgan fingerprint density at radius 2 is 1.55 bits per heavy atom. The van der Waals surface area contributed by atoms with Gasteiger partial charge in [0.25, 0.3) is 13.9 Å². The van der Waals surface area contributed by atoms with Gasteiger partial charge >= 0.3 is 5.69 Å². The Kier molecular flexibility index (Phi) is 11.6. The Bertz CT molecular complexity index is 2570. The van der Waals surface area contributed by atoms with Gasteiger partial charge in [0, 0.05) is 17.5 Å². The van der Waals surface area contributed by atoms with Crippen molar-refractivity contribution in [1.82, 2.24) is 24.1 Å². The number of carbonyl (C=O) groups excluding carboxylic acids is 1. The SMILES string of the molecule is COc1ccc(F)cc1[C@H](Cn1c(=O)n(C(C)(C)C(=O)CC(C)(C)[Si](O)(c2ccccc2)c2ccccc2)c(=O)c2c(C)c(-n3nccn3)sc21)OCC(C)(C)C#N. The molecule has 3 aromatic heterocycles. The van der Waals surface area contributed by atoms with Gasteiger partial charge in [0.05, 0.1) is 49.5 Å². The number of ether oxygens (including phenoxy) is 2. The molecule has 6 aromatic rings. The first-order chi connectivity index (χ1) is 27.4. The average molecular weight is 823 g/mol. The van der Waals surface area contributed by atoms with Gasteiger partial charge in [-0.3, -0.25) is 14.2 Å². The highest BCUT2D eigenvalue weighted by atomic mass is 32.1. The number of ketones is 1. The van der Waals surface area contributed by atoms with Crippen LogP contribution in [-0.2, 0) is 21.6 Å². The van der Waals surface area contributed by atoms with Crippen LogP contribution in [0.1, 0.15) is 65.2 Å². The van der Waals surface area contributed by atoms with Gasteiger partial charge in [0.1, 0.15) is 33.0 Å². The maximum atomic E-state index is 15.1. The highest BCUT2D eigenvalue weighted by Gasteiger charge is 2.52. The predicted octanol–water partition coefficient (Wildman–Crippen LogP) is 5.80. The van der Waals surface area contributed by atoms with Crippen LogP contribution in [0.4, 0.5) is 4.39 Å². The molecule has 3 heterocycles. The number of nitriles is 1. The van der Waals surface area contributed by atoms with E-state index in [0.717, 1.165) is 15.9 Å². The third-order valence-electron chi connectivity index (χ3n) is 10.8. The number of methoxy groups -OCH3 is 1. The molecule has 3 aromatic carbocycles. The van der Waals surface area contributed by atoms with Gasteiger partial charge in [-0.05, 0) is 68.2 Å². The molecule has 1 N–H and O–H groups in total. The molecule has 0 amide bonds. The summed E-state index contributed by atoms with van der Waals surface area (Å²) in [5.74, 6) is -0.735. The smallest absolute Gasteiger partial charge is 0.333 e. The number of aromatic nitrogens is 5. The van der Waals surface area contributed by atoms with Crippen LogP contribution in [0.2, 0.25) is 5.04 Å². The van der Waals surface area contributed by atoms with Crippen molar-refractivity contribution in [2.45, 2.75) is 78.1 Å². The van der Waals surface area contributed by atoms with E-state index in [0.29, 0.717) is 20.9 Å². The molecule has 0 aliphatic rings. The number of halogens is 1. The fraction of sp³-hybridized carbons (Fsp3) is 0.349. The second-order valence-corrected chi connectivity index (χ2v) is 21.1. The van der Waals surface area contributed by atoms with Gasteiger partial charge in [-0.25, -0.2) is 13.8 Å². The second-order valence-electron chi connectivity index (χ2n) is 16.2. The van der Waals surface area contributed by atoms with E-state index < -0.39 is 53.3 Å². The van der Waals surface area contributed by atoms with Crippen molar-refractivity contribution >= 4 is 46.0 Å². The van der Waals surface area contributed by atoms with Crippen molar-refractivity contribution in [1.29, 1.82) is 5.26 Å². The lowest BCUT2D eigenvalue weighted by Gasteiger charge is -2.42. The Labute approximate surface area is 340 Å². The Hall–Kier alpha value is -5.53. The lowest BCUT2D eigenvalue weighted by Crippen LogP contribution is -2.66. The molecule has 0 unspecified atom stereocenters. The third kappa shape index (κ3) is 7.60. The van der Waals surface area contributed by atoms with Crippen molar-refractivity contribution in [3.8, 4) is 16.8 Å². The Morgan fingerprint density at radius 3 is 2.10 bits per heavy atom. The van der Waals surface area contributed by atoms with Crippen molar-refractivity contribution in [2.24, 2.45) is 5.41 Å². The minimum absolute atomic E-state index is 0.0913. The number of Topliss-reactive ketones (excluding diaryl/α,β-unsaturated/α-hetero) is 1. The largest absolute Gasteiger partial charge is 0.496 e. The quantitative estimate of drug-likeness (QED) is 0.127. The van der Waals surface area contributed by atoms with Crippen LogP contribution in [0.25, 0.3) is 15.2 Å². The summed E-state index contributed by atoms with van der Waals surface area (Å²) in [4.78, 5) is 59.3. The number of aryl methyl sites for hydroxylation is 1. The molecule has 58 heavy (non-hydrogen) atoms. The highest BCUT2D eigenvalue weighted by Crippen LogP contribution is 2.41. The standard InChI is InChI=1S/C43H47FN6O6SSi/c1-28-36-37(52)49(43(6,7)35(51)24-42(4,5)58(54,30-15-11-9-12-16-30)31-17-13-10-14-18-31)40(53)48(39(36)57-38(28)50-46-21-22-47-50)25-34(56-27-41(2,3)26-45)32-23-29(44)19-20-33(32)55-8/h9-23,34,54H,24-25,27H2,1-8H3/t34-/m0/s1. The van der Waals surface area contributed by atoms with Gasteiger partial charge in [-0.2, -0.15) is 15.5 Å². The summed E-state index contributed by atoms with van der Waals surface area (Å²) in [6.45, 7) is 11.5.